The predicted octanol–water partition coefficient (Wildman–Crippen LogP) is 4.61. The molecule has 3 aromatic rings. The van der Waals surface area contributed by atoms with Gasteiger partial charge in [-0.25, -0.2) is 0 Å². The Morgan fingerprint density at radius 2 is 1.09 bits per heavy atom. The lowest BCUT2D eigenvalue weighted by atomic mass is 9.58. The first-order valence-corrected chi connectivity index (χ1v) is 11.7. The van der Waals surface area contributed by atoms with Crippen LogP contribution in [-0.4, -0.2) is 21.9 Å². The molecule has 2 aliphatic rings. The highest BCUT2D eigenvalue weighted by molar-refractivity contribution is 5.50. The molecule has 0 aromatic heterocycles. The lowest BCUT2D eigenvalue weighted by Crippen LogP contribution is -2.51. The summed E-state index contributed by atoms with van der Waals surface area (Å²) >= 11 is 0. The van der Waals surface area contributed by atoms with Crippen LogP contribution in [0.3, 0.4) is 0 Å². The van der Waals surface area contributed by atoms with Gasteiger partial charge in [-0.3, -0.25) is 0 Å². The van der Waals surface area contributed by atoms with Gasteiger partial charge in [-0.15, -0.1) is 0 Å². The van der Waals surface area contributed by atoms with Crippen LogP contribution in [0.5, 0.6) is 0 Å². The molecule has 0 radical (unpaired) electrons. The summed E-state index contributed by atoms with van der Waals surface area (Å²) in [7, 11) is 0. The average molecular weight is 443 g/mol. The van der Waals surface area contributed by atoms with E-state index < -0.39 is 11.7 Å². The van der Waals surface area contributed by atoms with Gasteiger partial charge >= 0.3 is 0 Å². The molecule has 4 unspecified atom stereocenters. The minimum atomic E-state index is -0.912. The third-order valence-electron chi connectivity index (χ3n) is 7.24. The Kier molecular flexibility index (Phi) is 5.55. The highest BCUT2D eigenvalue weighted by Gasteiger charge is 2.85. The van der Waals surface area contributed by atoms with Crippen molar-refractivity contribution in [3.05, 3.63) is 107 Å². The molecule has 166 valence electrons. The maximum absolute atomic E-state index is 10.5. The van der Waals surface area contributed by atoms with Crippen molar-refractivity contribution in [3.8, 4) is 35.5 Å². The second-order valence-electron chi connectivity index (χ2n) is 9.32. The van der Waals surface area contributed by atoms with Crippen LogP contribution in [-0.2, 0) is 0 Å². The molecule has 2 saturated carbocycles. The molecule has 0 heterocycles. The molecule has 0 aliphatic heterocycles. The normalized spacial score (nSPS) is 27.9. The smallest absolute Gasteiger partial charge is 0.102 e. The van der Waals surface area contributed by atoms with Crippen molar-refractivity contribution < 1.29 is 10.2 Å². The Bertz CT molecular complexity index is 1390. The van der Waals surface area contributed by atoms with Crippen molar-refractivity contribution in [2.75, 3.05) is 0 Å². The van der Waals surface area contributed by atoms with E-state index in [1.165, 1.54) is 0 Å². The van der Waals surface area contributed by atoms with Crippen LogP contribution in [0.15, 0.2) is 78.9 Å². The summed E-state index contributed by atoms with van der Waals surface area (Å²) in [5, 5.41) is 20.6. The Balaban J connectivity index is 1.24. The summed E-state index contributed by atoms with van der Waals surface area (Å²) in [6.07, 6.45) is 0.170. The van der Waals surface area contributed by atoms with E-state index in [1.54, 1.807) is 0 Å². The minimum absolute atomic E-state index is 0.0216. The monoisotopic (exact) mass is 442 g/mol. The molecule has 2 fully saturated rings. The third kappa shape index (κ3) is 3.81. The topological polar surface area (TPSA) is 40.5 Å². The van der Waals surface area contributed by atoms with Gasteiger partial charge in [0, 0.05) is 45.1 Å². The number of hydrogen-bond acceptors (Lipinski definition) is 2. The largest absolute Gasteiger partial charge is 0.390 e. The molecule has 34 heavy (non-hydrogen) atoms. The van der Waals surface area contributed by atoms with Crippen LogP contribution in [0.2, 0.25) is 0 Å². The third-order valence-corrected chi connectivity index (χ3v) is 7.24. The quantitative estimate of drug-likeness (QED) is 0.541. The van der Waals surface area contributed by atoms with Gasteiger partial charge < -0.3 is 10.2 Å². The van der Waals surface area contributed by atoms with Gasteiger partial charge in [0.05, 0.1) is 6.10 Å². The van der Waals surface area contributed by atoms with Crippen LogP contribution in [0.1, 0.15) is 48.1 Å². The first-order valence-electron chi connectivity index (χ1n) is 11.7. The van der Waals surface area contributed by atoms with Crippen LogP contribution in [0.25, 0.3) is 0 Å². The molecule has 0 bridgehead atoms. The zero-order valence-electron chi connectivity index (χ0n) is 19.3. The molecule has 5 rings (SSSR count). The predicted molar refractivity (Wildman–Crippen MR) is 134 cm³/mol. The zero-order chi connectivity index (χ0) is 23.8. The number of rotatable bonds is 1. The fourth-order valence-corrected chi connectivity index (χ4v) is 5.41. The molecule has 2 heteroatoms. The highest BCUT2D eigenvalue weighted by Crippen LogP contribution is 2.74. The van der Waals surface area contributed by atoms with Crippen LogP contribution >= 0.6 is 0 Å². The number of benzene rings is 3. The minimum Gasteiger partial charge on any atom is -0.390 e. The maximum Gasteiger partial charge on any atom is 0.102 e. The molecule has 0 spiro atoms. The lowest BCUT2D eigenvalue weighted by molar-refractivity contribution is -0.0844. The first-order chi connectivity index (χ1) is 16.4. The Morgan fingerprint density at radius 1 is 0.676 bits per heavy atom. The van der Waals surface area contributed by atoms with Gasteiger partial charge in [-0.2, -0.15) is 0 Å². The molecule has 2 aliphatic carbocycles. The molecule has 2 N–H and O–H groups in total. The van der Waals surface area contributed by atoms with Crippen LogP contribution in [0.4, 0.5) is 0 Å². The van der Waals surface area contributed by atoms with Crippen molar-refractivity contribution in [3.63, 3.8) is 0 Å². The standard InChI is InChI=1S/C32H26O2/c1-3-28-31(2,29-30(33)32(28,29)34)22-21-27-19-17-26(18-20-27)16-15-25-13-11-24(12-14-25)10-9-23-7-5-4-6-8-23/h4-8,11-14,17-20,28-30,33-34H,3H2,1-2H3/t28-,29?,30?,31?,32?/m1/s1. The van der Waals surface area contributed by atoms with Crippen LogP contribution < -0.4 is 0 Å². The van der Waals surface area contributed by atoms with Gasteiger partial charge in [-0.05, 0) is 74.0 Å². The number of aliphatic hydroxyl groups excluding tert-OH is 1. The second-order valence-corrected chi connectivity index (χ2v) is 9.32. The van der Waals surface area contributed by atoms with Crippen molar-refractivity contribution in [2.24, 2.45) is 17.3 Å². The fraction of sp³-hybridized carbons (Fsp3) is 0.250. The number of aliphatic hydroxyl groups is 2. The highest BCUT2D eigenvalue weighted by atomic mass is 16.4. The van der Waals surface area contributed by atoms with E-state index >= 15 is 0 Å². The van der Waals surface area contributed by atoms with Crippen molar-refractivity contribution in [1.82, 2.24) is 0 Å². The first kappa shape index (κ1) is 22.1. The molecule has 0 amide bonds. The van der Waals surface area contributed by atoms with E-state index in [1.807, 2.05) is 85.8 Å². The van der Waals surface area contributed by atoms with E-state index in [4.69, 9.17) is 0 Å². The summed E-state index contributed by atoms with van der Waals surface area (Å²) in [6.45, 7) is 4.10. The van der Waals surface area contributed by atoms with Crippen molar-refractivity contribution in [1.29, 1.82) is 0 Å². The van der Waals surface area contributed by atoms with Gasteiger partial charge in [-0.1, -0.05) is 60.6 Å². The second kappa shape index (κ2) is 8.56. The Labute approximate surface area is 201 Å². The van der Waals surface area contributed by atoms with Gasteiger partial charge in [0.2, 0.25) is 0 Å². The SMILES string of the molecule is CC[C@@H]1C(C)(C#Cc2ccc(C#Cc3ccc(C#Cc4ccccc4)cc3)cc2)C2C(O)C21O. The summed E-state index contributed by atoms with van der Waals surface area (Å²) < 4.78 is 0. The van der Waals surface area contributed by atoms with Gasteiger partial charge in [0.15, 0.2) is 0 Å². The number of hydrogen-bond donors (Lipinski definition) is 2. The summed E-state index contributed by atoms with van der Waals surface area (Å²) in [5.41, 5.74) is 3.48. The fourth-order valence-electron chi connectivity index (χ4n) is 5.41. The average Bonchev–Trinajstić information content (AvgIpc) is 3.38. The van der Waals surface area contributed by atoms with Gasteiger partial charge in [0.1, 0.15) is 5.60 Å². The molecule has 3 aromatic carbocycles. The van der Waals surface area contributed by atoms with E-state index in [0.717, 1.165) is 34.2 Å². The van der Waals surface area contributed by atoms with E-state index in [0.29, 0.717) is 0 Å². The van der Waals surface area contributed by atoms with Crippen molar-refractivity contribution >= 4 is 0 Å². The van der Waals surface area contributed by atoms with E-state index in [-0.39, 0.29) is 17.3 Å². The van der Waals surface area contributed by atoms with Crippen molar-refractivity contribution in [2.45, 2.75) is 32.0 Å². The van der Waals surface area contributed by atoms with E-state index in [2.05, 4.69) is 42.4 Å². The van der Waals surface area contributed by atoms with E-state index in [9.17, 15) is 10.2 Å². The maximum atomic E-state index is 10.5. The van der Waals surface area contributed by atoms with Crippen LogP contribution in [0, 0.1) is 52.8 Å². The lowest BCUT2D eigenvalue weighted by Gasteiger charge is -2.46. The zero-order valence-corrected chi connectivity index (χ0v) is 19.3. The summed E-state index contributed by atoms with van der Waals surface area (Å²) in [6, 6.07) is 25.8. The Hall–Kier alpha value is -3.74. The molecular formula is C32H26O2. The molecule has 2 nitrogen and oxygen atoms in total. The number of fused-ring (bicyclic) bond motifs is 1. The van der Waals surface area contributed by atoms with Gasteiger partial charge in [0.25, 0.3) is 0 Å². The molecular weight excluding hydrogens is 416 g/mol. The summed E-state index contributed by atoms with van der Waals surface area (Å²) in [4.78, 5) is 0. The summed E-state index contributed by atoms with van der Waals surface area (Å²) in [5.74, 6) is 19.2. The molecule has 5 atom stereocenters. The Morgan fingerprint density at radius 3 is 1.53 bits per heavy atom. The molecule has 0 saturated heterocycles.